The first-order valence-electron chi connectivity index (χ1n) is 10.9. The average molecular weight is 490 g/mol. The molecule has 0 unspecified atom stereocenters. The van der Waals surface area contributed by atoms with E-state index in [4.69, 9.17) is 14.9 Å². The van der Waals surface area contributed by atoms with E-state index in [2.05, 4.69) is 10.3 Å². The maximum atomic E-state index is 12.4. The molecular formula is C26H23N3O5S. The second-order valence-corrected chi connectivity index (χ2v) is 8.58. The monoisotopic (exact) mass is 489 g/mol. The Balaban J connectivity index is 1.40. The van der Waals surface area contributed by atoms with E-state index >= 15 is 0 Å². The first kappa shape index (κ1) is 23.9. The number of aromatic nitrogens is 1. The van der Waals surface area contributed by atoms with E-state index in [1.165, 1.54) is 13.0 Å². The van der Waals surface area contributed by atoms with E-state index in [0.717, 1.165) is 22.5 Å². The van der Waals surface area contributed by atoms with Crippen LogP contribution in [0, 0.1) is 0 Å². The van der Waals surface area contributed by atoms with Gasteiger partial charge < -0.3 is 20.2 Å². The summed E-state index contributed by atoms with van der Waals surface area (Å²) in [7, 11) is 0. The fourth-order valence-corrected chi connectivity index (χ4v) is 4.18. The minimum Gasteiger partial charge on any atom is -0.453 e. The number of carbonyl (C=O) groups excluding carboxylic acids is 3. The van der Waals surface area contributed by atoms with E-state index < -0.39 is 23.9 Å². The minimum absolute atomic E-state index is 0.0217. The lowest BCUT2D eigenvalue weighted by Crippen LogP contribution is -2.30. The molecule has 4 rings (SSSR count). The predicted molar refractivity (Wildman–Crippen MR) is 133 cm³/mol. The lowest BCUT2D eigenvalue weighted by molar-refractivity contribution is -0.153. The smallest absolute Gasteiger partial charge is 0.307 e. The Bertz CT molecular complexity index is 1270. The largest absolute Gasteiger partial charge is 0.453 e. The number of nitrogens with one attached hydrogen (secondary N) is 1. The molecule has 2 aromatic heterocycles. The van der Waals surface area contributed by atoms with Gasteiger partial charge in [0.15, 0.2) is 17.8 Å². The molecule has 8 nitrogen and oxygen atoms in total. The van der Waals surface area contributed by atoms with Gasteiger partial charge in [-0.15, -0.1) is 11.3 Å². The molecule has 9 heteroatoms. The van der Waals surface area contributed by atoms with Crippen molar-refractivity contribution in [2.45, 2.75) is 25.9 Å². The number of esters is 1. The van der Waals surface area contributed by atoms with Crippen molar-refractivity contribution in [3.05, 3.63) is 83.6 Å². The van der Waals surface area contributed by atoms with Gasteiger partial charge in [0.1, 0.15) is 10.7 Å². The van der Waals surface area contributed by atoms with Gasteiger partial charge in [-0.25, -0.2) is 4.98 Å². The number of nitrogens with zero attached hydrogens (tertiary/aromatic N) is 1. The maximum absolute atomic E-state index is 12.4. The van der Waals surface area contributed by atoms with Crippen molar-refractivity contribution in [3.8, 4) is 22.6 Å². The number of amides is 2. The van der Waals surface area contributed by atoms with Crippen molar-refractivity contribution in [2.24, 2.45) is 5.73 Å². The normalized spacial score (nSPS) is 11.6. The molecule has 0 fully saturated rings. The van der Waals surface area contributed by atoms with Gasteiger partial charge in [-0.1, -0.05) is 60.7 Å². The zero-order valence-electron chi connectivity index (χ0n) is 18.9. The summed E-state index contributed by atoms with van der Waals surface area (Å²) in [4.78, 5) is 40.8. The number of thiophene rings is 1. The highest BCUT2D eigenvalue weighted by Crippen LogP contribution is 2.33. The third kappa shape index (κ3) is 5.82. The topological polar surface area (TPSA) is 125 Å². The summed E-state index contributed by atoms with van der Waals surface area (Å²) in [5.74, 6) is -0.774. The summed E-state index contributed by atoms with van der Waals surface area (Å²) in [6.07, 6.45) is -0.877. The zero-order valence-corrected chi connectivity index (χ0v) is 19.7. The van der Waals surface area contributed by atoms with Gasteiger partial charge in [-0.3, -0.25) is 14.4 Å². The number of rotatable bonds is 9. The molecular weight excluding hydrogens is 466 g/mol. The van der Waals surface area contributed by atoms with Crippen LogP contribution in [0.1, 0.15) is 29.6 Å². The fourth-order valence-electron chi connectivity index (χ4n) is 3.38. The molecule has 178 valence electrons. The maximum Gasteiger partial charge on any atom is 0.307 e. The molecule has 0 bridgehead atoms. The number of carbonyl (C=O) groups is 3. The van der Waals surface area contributed by atoms with E-state index in [1.807, 2.05) is 60.7 Å². The van der Waals surface area contributed by atoms with Crippen molar-refractivity contribution in [1.82, 2.24) is 4.98 Å². The summed E-state index contributed by atoms with van der Waals surface area (Å²) >= 11 is 1.16. The molecule has 0 aliphatic carbocycles. The van der Waals surface area contributed by atoms with Crippen molar-refractivity contribution < 1.29 is 23.5 Å². The van der Waals surface area contributed by atoms with Crippen molar-refractivity contribution >= 4 is 34.1 Å². The Morgan fingerprint density at radius 2 is 1.69 bits per heavy atom. The van der Waals surface area contributed by atoms with Crippen LogP contribution in [-0.4, -0.2) is 28.9 Å². The molecule has 35 heavy (non-hydrogen) atoms. The predicted octanol–water partition coefficient (Wildman–Crippen LogP) is 4.67. The molecule has 0 radical (unpaired) electrons. The van der Waals surface area contributed by atoms with Crippen molar-refractivity contribution in [3.63, 3.8) is 0 Å². The molecule has 0 aliphatic heterocycles. The standard InChI is InChI=1S/C26H23N3O5S/c1-16(25(32)29-26-19(24(27)31)14-15-35-26)33-21(30)13-12-20-28-22(17-8-4-2-5-9-17)23(34-20)18-10-6-3-7-11-18/h2-11,14-16H,12-13H2,1H3,(H2,27,31)(H,29,32)/t16-/m0/s1. The zero-order chi connectivity index (χ0) is 24.8. The number of ether oxygens (including phenoxy) is 1. The highest BCUT2D eigenvalue weighted by Gasteiger charge is 2.22. The minimum atomic E-state index is -1.06. The summed E-state index contributed by atoms with van der Waals surface area (Å²) < 4.78 is 11.3. The first-order chi connectivity index (χ1) is 16.9. The van der Waals surface area contributed by atoms with Gasteiger partial charge >= 0.3 is 5.97 Å². The number of hydrogen-bond donors (Lipinski definition) is 2. The molecule has 0 aliphatic rings. The van der Waals surface area contributed by atoms with Crippen LogP contribution in [0.3, 0.4) is 0 Å². The molecule has 2 amide bonds. The molecule has 2 aromatic carbocycles. The van der Waals surface area contributed by atoms with Crippen LogP contribution in [0.5, 0.6) is 0 Å². The van der Waals surface area contributed by atoms with E-state index in [1.54, 1.807) is 5.38 Å². The Kier molecular flexibility index (Phi) is 7.37. The van der Waals surface area contributed by atoms with Gasteiger partial charge in [-0.05, 0) is 18.4 Å². The van der Waals surface area contributed by atoms with Crippen LogP contribution in [-0.2, 0) is 20.7 Å². The number of hydrogen-bond acceptors (Lipinski definition) is 7. The summed E-state index contributed by atoms with van der Waals surface area (Å²) in [5, 5.41) is 4.52. The lowest BCUT2D eigenvalue weighted by atomic mass is 10.1. The average Bonchev–Trinajstić information content (AvgIpc) is 3.51. The molecule has 0 saturated carbocycles. The molecule has 3 N–H and O–H groups in total. The van der Waals surface area contributed by atoms with Crippen molar-refractivity contribution in [2.75, 3.05) is 5.32 Å². The number of nitrogens with two attached hydrogens (primary N) is 1. The van der Waals surface area contributed by atoms with Gasteiger partial charge in [0, 0.05) is 17.5 Å². The van der Waals surface area contributed by atoms with E-state index in [0.29, 0.717) is 22.3 Å². The van der Waals surface area contributed by atoms with E-state index in [-0.39, 0.29) is 18.4 Å². The van der Waals surface area contributed by atoms with E-state index in [9.17, 15) is 14.4 Å². The summed E-state index contributed by atoms with van der Waals surface area (Å²) in [6.45, 7) is 1.46. The second-order valence-electron chi connectivity index (χ2n) is 7.67. The summed E-state index contributed by atoms with van der Waals surface area (Å²) in [5.41, 5.74) is 7.96. The number of aryl methyl sites for hydroxylation is 1. The molecule has 4 aromatic rings. The van der Waals surface area contributed by atoms with Crippen LogP contribution in [0.4, 0.5) is 5.00 Å². The van der Waals surface area contributed by atoms with Crippen LogP contribution in [0.2, 0.25) is 0 Å². The molecule has 0 saturated heterocycles. The van der Waals surface area contributed by atoms with Gasteiger partial charge in [0.2, 0.25) is 0 Å². The Labute approximate surface area is 205 Å². The molecule has 0 spiro atoms. The molecule has 2 heterocycles. The third-order valence-electron chi connectivity index (χ3n) is 5.14. The SMILES string of the molecule is C[C@H](OC(=O)CCc1nc(-c2ccccc2)c(-c2ccccc2)o1)C(=O)Nc1sccc1C(N)=O. The van der Waals surface area contributed by atoms with Crippen LogP contribution in [0.25, 0.3) is 22.6 Å². The van der Waals surface area contributed by atoms with Crippen LogP contribution < -0.4 is 11.1 Å². The highest BCUT2D eigenvalue weighted by atomic mass is 32.1. The third-order valence-corrected chi connectivity index (χ3v) is 5.97. The molecule has 1 atom stereocenters. The van der Waals surface area contributed by atoms with Crippen LogP contribution >= 0.6 is 11.3 Å². The first-order valence-corrected chi connectivity index (χ1v) is 11.8. The fraction of sp³-hybridized carbons (Fsp3) is 0.154. The van der Waals surface area contributed by atoms with Gasteiger partial charge in [0.05, 0.1) is 12.0 Å². The van der Waals surface area contributed by atoms with Gasteiger partial charge in [-0.2, -0.15) is 0 Å². The number of anilines is 1. The second kappa shape index (κ2) is 10.8. The van der Waals surface area contributed by atoms with Crippen molar-refractivity contribution in [1.29, 1.82) is 0 Å². The van der Waals surface area contributed by atoms with Gasteiger partial charge in [0.25, 0.3) is 11.8 Å². The lowest BCUT2D eigenvalue weighted by Gasteiger charge is -2.13. The Morgan fingerprint density at radius 3 is 2.34 bits per heavy atom. The number of oxazole rings is 1. The Hall–Kier alpha value is -4.24. The summed E-state index contributed by atoms with van der Waals surface area (Å²) in [6, 6.07) is 20.8. The Morgan fingerprint density at radius 1 is 1.03 bits per heavy atom. The van der Waals surface area contributed by atoms with Crippen LogP contribution in [0.15, 0.2) is 76.5 Å². The number of benzene rings is 2. The number of primary amides is 1. The quantitative estimate of drug-likeness (QED) is 0.329. The highest BCUT2D eigenvalue weighted by molar-refractivity contribution is 7.14.